The molecule has 1 unspecified atom stereocenters. The zero-order chi connectivity index (χ0) is 9.73. The standard InChI is InChI=1S/C11H19NO/c1-4-7-10(12-5-2)11(13-3)8-6-9-11/h1,10,12H,5-9H2,2-3H3. The Hall–Kier alpha value is -0.520. The summed E-state index contributed by atoms with van der Waals surface area (Å²) in [6.07, 6.45) is 9.66. The minimum absolute atomic E-state index is 0.0301. The smallest absolute Gasteiger partial charge is 0.0840 e. The second kappa shape index (κ2) is 4.64. The maximum Gasteiger partial charge on any atom is 0.0840 e. The molecule has 0 aromatic rings. The van der Waals surface area contributed by atoms with Gasteiger partial charge in [0.25, 0.3) is 0 Å². The zero-order valence-electron chi connectivity index (χ0n) is 8.60. The Morgan fingerprint density at radius 3 is 2.62 bits per heavy atom. The molecule has 1 N–H and O–H groups in total. The van der Waals surface area contributed by atoms with Gasteiger partial charge in [0.2, 0.25) is 0 Å². The molecule has 0 bridgehead atoms. The van der Waals surface area contributed by atoms with Crippen LogP contribution in [0.1, 0.15) is 32.6 Å². The summed E-state index contributed by atoms with van der Waals surface area (Å²) in [4.78, 5) is 0. The van der Waals surface area contributed by atoms with Crippen LogP contribution >= 0.6 is 0 Å². The summed E-state index contributed by atoms with van der Waals surface area (Å²) in [7, 11) is 1.79. The molecule has 1 atom stereocenters. The maximum absolute atomic E-state index is 5.58. The number of hydrogen-bond donors (Lipinski definition) is 1. The zero-order valence-corrected chi connectivity index (χ0v) is 8.60. The second-order valence-corrected chi connectivity index (χ2v) is 3.64. The van der Waals surface area contributed by atoms with Gasteiger partial charge in [0.15, 0.2) is 0 Å². The van der Waals surface area contributed by atoms with Crippen molar-refractivity contribution in [3.63, 3.8) is 0 Å². The van der Waals surface area contributed by atoms with Crippen molar-refractivity contribution < 1.29 is 4.74 Å². The molecule has 13 heavy (non-hydrogen) atoms. The van der Waals surface area contributed by atoms with Crippen LogP contribution in [0.3, 0.4) is 0 Å². The second-order valence-electron chi connectivity index (χ2n) is 3.64. The van der Waals surface area contributed by atoms with E-state index >= 15 is 0 Å². The molecule has 1 saturated carbocycles. The molecule has 0 radical (unpaired) electrons. The molecule has 0 heterocycles. The highest BCUT2D eigenvalue weighted by molar-refractivity contribution is 5.04. The fourth-order valence-corrected chi connectivity index (χ4v) is 2.03. The van der Waals surface area contributed by atoms with Crippen molar-refractivity contribution in [1.82, 2.24) is 5.32 Å². The Labute approximate surface area is 81.0 Å². The lowest BCUT2D eigenvalue weighted by molar-refractivity contribution is -0.0968. The first-order valence-electron chi connectivity index (χ1n) is 5.01. The van der Waals surface area contributed by atoms with Crippen molar-refractivity contribution >= 4 is 0 Å². The van der Waals surface area contributed by atoms with Crippen LogP contribution in [-0.2, 0) is 4.74 Å². The molecule has 74 valence electrons. The van der Waals surface area contributed by atoms with Gasteiger partial charge in [-0.15, -0.1) is 12.3 Å². The Kier molecular flexibility index (Phi) is 3.77. The predicted octanol–water partition coefficient (Wildman–Crippen LogP) is 1.56. The average molecular weight is 181 g/mol. The minimum Gasteiger partial charge on any atom is -0.377 e. The largest absolute Gasteiger partial charge is 0.377 e. The van der Waals surface area contributed by atoms with E-state index in [0.29, 0.717) is 6.04 Å². The van der Waals surface area contributed by atoms with E-state index in [9.17, 15) is 0 Å². The summed E-state index contributed by atoms with van der Waals surface area (Å²) in [5.41, 5.74) is 0.0301. The SMILES string of the molecule is C#CCC(NCC)C1(OC)CCC1. The number of likely N-dealkylation sites (N-methyl/N-ethyl adjacent to an activating group) is 1. The number of terminal acetylenes is 1. The van der Waals surface area contributed by atoms with Gasteiger partial charge in [-0.05, 0) is 25.8 Å². The van der Waals surface area contributed by atoms with Crippen LogP contribution < -0.4 is 5.32 Å². The van der Waals surface area contributed by atoms with E-state index in [4.69, 9.17) is 11.2 Å². The molecule has 0 spiro atoms. The van der Waals surface area contributed by atoms with Crippen molar-refractivity contribution in [3.05, 3.63) is 0 Å². The van der Waals surface area contributed by atoms with Crippen molar-refractivity contribution in [2.75, 3.05) is 13.7 Å². The molecular formula is C11H19NO. The van der Waals surface area contributed by atoms with Gasteiger partial charge < -0.3 is 10.1 Å². The summed E-state index contributed by atoms with van der Waals surface area (Å²) in [5.74, 6) is 2.72. The monoisotopic (exact) mass is 181 g/mol. The highest BCUT2D eigenvalue weighted by Gasteiger charge is 2.43. The van der Waals surface area contributed by atoms with Gasteiger partial charge in [-0.1, -0.05) is 6.92 Å². The fourth-order valence-electron chi connectivity index (χ4n) is 2.03. The number of methoxy groups -OCH3 is 1. The minimum atomic E-state index is 0.0301. The van der Waals surface area contributed by atoms with E-state index in [2.05, 4.69) is 18.2 Å². The van der Waals surface area contributed by atoms with Crippen LogP contribution in [0, 0.1) is 12.3 Å². The summed E-state index contributed by atoms with van der Waals surface area (Å²) < 4.78 is 5.58. The first-order valence-corrected chi connectivity index (χ1v) is 5.01. The van der Waals surface area contributed by atoms with Crippen molar-refractivity contribution in [1.29, 1.82) is 0 Å². The predicted molar refractivity (Wildman–Crippen MR) is 54.5 cm³/mol. The first kappa shape index (κ1) is 10.6. The van der Waals surface area contributed by atoms with Gasteiger partial charge in [0.1, 0.15) is 0 Å². The van der Waals surface area contributed by atoms with Gasteiger partial charge >= 0.3 is 0 Å². The Bertz CT molecular complexity index is 185. The Morgan fingerprint density at radius 2 is 2.31 bits per heavy atom. The van der Waals surface area contributed by atoms with Gasteiger partial charge in [-0.2, -0.15) is 0 Å². The van der Waals surface area contributed by atoms with Crippen molar-refractivity contribution in [2.45, 2.75) is 44.2 Å². The Morgan fingerprint density at radius 1 is 1.62 bits per heavy atom. The van der Waals surface area contributed by atoms with Crippen LogP contribution in [0.15, 0.2) is 0 Å². The van der Waals surface area contributed by atoms with E-state index in [1.54, 1.807) is 7.11 Å². The van der Waals surface area contributed by atoms with Gasteiger partial charge in [-0.25, -0.2) is 0 Å². The van der Waals surface area contributed by atoms with E-state index in [0.717, 1.165) is 25.8 Å². The van der Waals surface area contributed by atoms with Crippen LogP contribution in [0.2, 0.25) is 0 Å². The van der Waals surface area contributed by atoms with Crippen LogP contribution in [0.4, 0.5) is 0 Å². The first-order chi connectivity index (χ1) is 6.29. The molecule has 0 aromatic heterocycles. The fraction of sp³-hybridized carbons (Fsp3) is 0.818. The number of nitrogens with one attached hydrogen (secondary N) is 1. The van der Waals surface area contributed by atoms with Gasteiger partial charge in [-0.3, -0.25) is 0 Å². The number of ether oxygens (including phenoxy) is 1. The van der Waals surface area contributed by atoms with Crippen molar-refractivity contribution in [2.24, 2.45) is 0 Å². The summed E-state index contributed by atoms with van der Waals surface area (Å²) in [6.45, 7) is 3.06. The van der Waals surface area contributed by atoms with Crippen LogP contribution in [-0.4, -0.2) is 25.3 Å². The lowest BCUT2D eigenvalue weighted by Crippen LogP contribution is -2.56. The average Bonchev–Trinajstić information content (AvgIpc) is 2.04. The number of hydrogen-bond acceptors (Lipinski definition) is 2. The van der Waals surface area contributed by atoms with E-state index < -0.39 is 0 Å². The summed E-state index contributed by atoms with van der Waals surface area (Å²) in [6, 6.07) is 0.334. The highest BCUT2D eigenvalue weighted by atomic mass is 16.5. The molecule has 0 saturated heterocycles. The molecule has 0 amide bonds. The quantitative estimate of drug-likeness (QED) is 0.650. The van der Waals surface area contributed by atoms with E-state index in [-0.39, 0.29) is 5.60 Å². The summed E-state index contributed by atoms with van der Waals surface area (Å²) >= 11 is 0. The lowest BCUT2D eigenvalue weighted by atomic mass is 9.73. The van der Waals surface area contributed by atoms with Crippen molar-refractivity contribution in [3.8, 4) is 12.3 Å². The third-order valence-electron chi connectivity index (χ3n) is 3.01. The number of rotatable bonds is 5. The van der Waals surface area contributed by atoms with Gasteiger partial charge in [0.05, 0.1) is 5.60 Å². The normalized spacial score (nSPS) is 21.6. The van der Waals surface area contributed by atoms with E-state index in [1.807, 2.05) is 0 Å². The molecule has 1 fully saturated rings. The highest BCUT2D eigenvalue weighted by Crippen LogP contribution is 2.38. The molecule has 1 aliphatic carbocycles. The summed E-state index contributed by atoms with van der Waals surface area (Å²) in [5, 5.41) is 3.41. The van der Waals surface area contributed by atoms with Gasteiger partial charge in [0, 0.05) is 19.6 Å². The van der Waals surface area contributed by atoms with Crippen LogP contribution in [0.25, 0.3) is 0 Å². The molecule has 0 aromatic carbocycles. The molecule has 2 nitrogen and oxygen atoms in total. The third kappa shape index (κ3) is 2.04. The molecule has 1 rings (SSSR count). The third-order valence-corrected chi connectivity index (χ3v) is 3.01. The van der Waals surface area contributed by atoms with E-state index in [1.165, 1.54) is 6.42 Å². The van der Waals surface area contributed by atoms with Crippen LogP contribution in [0.5, 0.6) is 0 Å². The molecule has 0 aliphatic heterocycles. The maximum atomic E-state index is 5.58. The molecular weight excluding hydrogens is 162 g/mol. The lowest BCUT2D eigenvalue weighted by Gasteiger charge is -2.46. The Balaban J connectivity index is 2.56. The molecule has 2 heteroatoms. The topological polar surface area (TPSA) is 21.3 Å². The molecule has 1 aliphatic rings.